The molecule has 1 saturated heterocycles. The maximum absolute atomic E-state index is 6.16. The lowest BCUT2D eigenvalue weighted by molar-refractivity contribution is 0.0180. The Labute approximate surface area is 189 Å². The maximum Gasteiger partial charge on any atom is 0.193 e. The van der Waals surface area contributed by atoms with Crippen LogP contribution in [0.3, 0.4) is 0 Å². The first-order valence-electron chi connectivity index (χ1n) is 9.24. The number of anilines is 1. The van der Waals surface area contributed by atoms with Gasteiger partial charge in [0, 0.05) is 23.8 Å². The van der Waals surface area contributed by atoms with Crippen molar-refractivity contribution in [2.45, 2.75) is 19.9 Å². The molecule has 152 valence electrons. The van der Waals surface area contributed by atoms with Gasteiger partial charge in [-0.05, 0) is 54.8 Å². The van der Waals surface area contributed by atoms with Gasteiger partial charge in [-0.2, -0.15) is 0 Å². The molecule has 7 heteroatoms. The summed E-state index contributed by atoms with van der Waals surface area (Å²) in [5.41, 5.74) is 10.7. The van der Waals surface area contributed by atoms with Gasteiger partial charge in [-0.1, -0.05) is 29.8 Å². The number of hydrogen-bond donors (Lipinski definition) is 2. The summed E-state index contributed by atoms with van der Waals surface area (Å²) in [6.45, 7) is 7.96. The van der Waals surface area contributed by atoms with Gasteiger partial charge < -0.3 is 15.8 Å². The Hall–Kier alpha value is -1.35. The van der Waals surface area contributed by atoms with Crippen LogP contribution in [0, 0.1) is 13.8 Å². The summed E-state index contributed by atoms with van der Waals surface area (Å²) in [6.07, 6.45) is 0. The van der Waals surface area contributed by atoms with Gasteiger partial charge in [0.2, 0.25) is 0 Å². The van der Waals surface area contributed by atoms with Crippen LogP contribution >= 0.6 is 35.6 Å². The molecule has 0 amide bonds. The van der Waals surface area contributed by atoms with E-state index >= 15 is 0 Å². The van der Waals surface area contributed by atoms with Crippen LogP contribution in [0.2, 0.25) is 5.02 Å². The van der Waals surface area contributed by atoms with Crippen LogP contribution < -0.4 is 11.1 Å². The molecule has 0 bridgehead atoms. The molecule has 0 aromatic heterocycles. The Morgan fingerprint density at radius 1 is 1.14 bits per heavy atom. The first kappa shape index (κ1) is 22.9. The monoisotopic (exact) mass is 514 g/mol. The zero-order valence-corrected chi connectivity index (χ0v) is 19.4. The lowest BCUT2D eigenvalue weighted by atomic mass is 10.0. The molecule has 1 unspecified atom stereocenters. The first-order valence-corrected chi connectivity index (χ1v) is 9.61. The fourth-order valence-corrected chi connectivity index (χ4v) is 3.55. The van der Waals surface area contributed by atoms with Crippen molar-refractivity contribution < 1.29 is 4.74 Å². The summed E-state index contributed by atoms with van der Waals surface area (Å²) >= 11 is 6.05. The van der Waals surface area contributed by atoms with Gasteiger partial charge in [0.1, 0.15) is 0 Å². The number of guanidine groups is 1. The van der Waals surface area contributed by atoms with Crippen molar-refractivity contribution in [2.75, 3.05) is 38.2 Å². The Morgan fingerprint density at radius 3 is 2.36 bits per heavy atom. The van der Waals surface area contributed by atoms with Gasteiger partial charge in [0.15, 0.2) is 5.96 Å². The molecule has 0 spiro atoms. The van der Waals surface area contributed by atoms with E-state index in [4.69, 9.17) is 22.1 Å². The average Bonchev–Trinajstić information content (AvgIpc) is 2.63. The molecule has 1 heterocycles. The third-order valence-electron chi connectivity index (χ3n) is 4.67. The maximum atomic E-state index is 6.16. The second-order valence-electron chi connectivity index (χ2n) is 6.94. The number of nitrogens with two attached hydrogens (primary N) is 1. The van der Waals surface area contributed by atoms with Crippen LogP contribution in [0.15, 0.2) is 47.5 Å². The zero-order chi connectivity index (χ0) is 19.2. The predicted molar refractivity (Wildman–Crippen MR) is 128 cm³/mol. The quantitative estimate of drug-likeness (QED) is 0.353. The van der Waals surface area contributed by atoms with E-state index in [0.717, 1.165) is 37.0 Å². The first-order chi connectivity index (χ1) is 13.0. The van der Waals surface area contributed by atoms with Crippen molar-refractivity contribution >= 4 is 47.2 Å². The van der Waals surface area contributed by atoms with Gasteiger partial charge in [-0.25, -0.2) is 0 Å². The number of nitrogens with zero attached hydrogens (tertiary/aromatic N) is 2. The number of aryl methyl sites for hydroxylation is 2. The molecule has 0 saturated carbocycles. The van der Waals surface area contributed by atoms with E-state index < -0.39 is 0 Å². The molecule has 0 aliphatic carbocycles. The topological polar surface area (TPSA) is 62.9 Å². The molecule has 2 aromatic carbocycles. The van der Waals surface area contributed by atoms with Gasteiger partial charge in [0.05, 0.1) is 25.8 Å². The second kappa shape index (κ2) is 11.0. The highest BCUT2D eigenvalue weighted by Gasteiger charge is 2.22. The van der Waals surface area contributed by atoms with E-state index in [1.165, 1.54) is 16.7 Å². The molecule has 1 aliphatic heterocycles. The second-order valence-corrected chi connectivity index (χ2v) is 7.38. The molecule has 1 atom stereocenters. The Kier molecular flexibility index (Phi) is 9.01. The summed E-state index contributed by atoms with van der Waals surface area (Å²) in [5.74, 6) is 0.423. The van der Waals surface area contributed by atoms with Gasteiger partial charge in [-0.15, -0.1) is 24.0 Å². The van der Waals surface area contributed by atoms with E-state index in [2.05, 4.69) is 59.4 Å². The number of morpholine rings is 1. The molecular weight excluding hydrogens is 487 g/mol. The third kappa shape index (κ3) is 6.62. The highest BCUT2D eigenvalue weighted by Crippen LogP contribution is 2.24. The molecule has 1 fully saturated rings. The Morgan fingerprint density at radius 2 is 1.75 bits per heavy atom. The van der Waals surface area contributed by atoms with Crippen molar-refractivity contribution in [3.63, 3.8) is 0 Å². The average molecular weight is 515 g/mol. The van der Waals surface area contributed by atoms with Crippen molar-refractivity contribution in [2.24, 2.45) is 10.7 Å². The number of hydrogen-bond acceptors (Lipinski definition) is 3. The number of aliphatic imine (C=N–C) groups is 1. The van der Waals surface area contributed by atoms with Gasteiger partial charge in [-0.3, -0.25) is 9.89 Å². The zero-order valence-electron chi connectivity index (χ0n) is 16.3. The van der Waals surface area contributed by atoms with E-state index in [9.17, 15) is 0 Å². The van der Waals surface area contributed by atoms with E-state index in [1.54, 1.807) is 0 Å². The minimum Gasteiger partial charge on any atom is -0.379 e. The fraction of sp³-hybridized carbons (Fsp3) is 0.381. The standard InChI is InChI=1S/C21H27ClN4O.HI/c1-15-11-16(2)13-19(12-15)25-21(23)24-14-20(26-7-9-27-10-8-26)17-3-5-18(22)6-4-17;/h3-6,11-13,20H,7-10,14H2,1-2H3,(H3,23,24,25);1H. The van der Waals surface area contributed by atoms with Crippen LogP contribution in [-0.4, -0.2) is 43.7 Å². The Bertz CT molecular complexity index is 771. The van der Waals surface area contributed by atoms with E-state index in [1.807, 2.05) is 12.1 Å². The molecular formula is C21H28ClIN4O. The van der Waals surface area contributed by atoms with Crippen LogP contribution in [-0.2, 0) is 4.74 Å². The summed E-state index contributed by atoms with van der Waals surface area (Å²) in [4.78, 5) is 7.01. The van der Waals surface area contributed by atoms with Crippen molar-refractivity contribution in [3.05, 3.63) is 64.2 Å². The van der Waals surface area contributed by atoms with E-state index in [-0.39, 0.29) is 30.0 Å². The fourth-order valence-electron chi connectivity index (χ4n) is 3.42. The molecule has 3 N–H and O–H groups in total. The molecule has 3 rings (SSSR count). The number of benzene rings is 2. The Balaban J connectivity index is 0.00000280. The highest BCUT2D eigenvalue weighted by atomic mass is 127. The summed E-state index contributed by atoms with van der Waals surface area (Å²) < 4.78 is 5.50. The van der Waals surface area contributed by atoms with Gasteiger partial charge in [0.25, 0.3) is 0 Å². The van der Waals surface area contributed by atoms with E-state index in [0.29, 0.717) is 12.5 Å². The highest BCUT2D eigenvalue weighted by molar-refractivity contribution is 14.0. The molecule has 0 radical (unpaired) electrons. The lowest BCUT2D eigenvalue weighted by Crippen LogP contribution is -2.40. The minimum atomic E-state index is 0. The summed E-state index contributed by atoms with van der Waals surface area (Å²) in [5, 5.41) is 3.94. The van der Waals surface area contributed by atoms with Crippen molar-refractivity contribution in [1.82, 2.24) is 4.90 Å². The normalized spacial score (nSPS) is 16.3. The number of rotatable bonds is 5. The molecule has 2 aromatic rings. The smallest absolute Gasteiger partial charge is 0.193 e. The van der Waals surface area contributed by atoms with Gasteiger partial charge >= 0.3 is 0 Å². The predicted octanol–water partition coefficient (Wildman–Crippen LogP) is 4.37. The third-order valence-corrected chi connectivity index (χ3v) is 4.92. The van der Waals surface area contributed by atoms with Crippen LogP contribution in [0.25, 0.3) is 0 Å². The van der Waals surface area contributed by atoms with Crippen molar-refractivity contribution in [1.29, 1.82) is 0 Å². The number of halogens is 2. The van der Waals surface area contributed by atoms with Crippen molar-refractivity contribution in [3.8, 4) is 0 Å². The van der Waals surface area contributed by atoms with Crippen LogP contribution in [0.4, 0.5) is 5.69 Å². The largest absolute Gasteiger partial charge is 0.379 e. The molecule has 5 nitrogen and oxygen atoms in total. The summed E-state index contributed by atoms with van der Waals surface area (Å²) in [6, 6.07) is 14.4. The number of nitrogens with one attached hydrogen (secondary N) is 1. The number of ether oxygens (including phenoxy) is 1. The lowest BCUT2D eigenvalue weighted by Gasteiger charge is -2.34. The van der Waals surface area contributed by atoms with Crippen LogP contribution in [0.5, 0.6) is 0 Å². The summed E-state index contributed by atoms with van der Waals surface area (Å²) in [7, 11) is 0. The minimum absolute atomic E-state index is 0. The molecule has 1 aliphatic rings. The van der Waals surface area contributed by atoms with Crippen LogP contribution in [0.1, 0.15) is 22.7 Å². The molecule has 28 heavy (non-hydrogen) atoms. The SMILES string of the molecule is Cc1cc(C)cc(NC(N)=NCC(c2ccc(Cl)cc2)N2CCOCC2)c1.I.